The van der Waals surface area contributed by atoms with Crippen molar-refractivity contribution in [3.63, 3.8) is 0 Å². The highest BCUT2D eigenvalue weighted by molar-refractivity contribution is 9.10. The third-order valence-electron chi connectivity index (χ3n) is 3.65. The molecular formula is C17H18BrF2N. The molecule has 0 radical (unpaired) electrons. The largest absolute Gasteiger partial charge is 0.327 e. The van der Waals surface area contributed by atoms with Crippen molar-refractivity contribution in [1.29, 1.82) is 0 Å². The van der Waals surface area contributed by atoms with Gasteiger partial charge in [-0.25, -0.2) is 8.78 Å². The molecule has 2 rings (SSSR count). The standard InChI is InChI=1S/C17H18BrF2N/c1-11-4-2-3-5-12(11)6-7-13(21)10-14-16(19)9-8-15(18)17(14)20/h2-5,8-9,13H,6-7,10,21H2,1H3. The van der Waals surface area contributed by atoms with Crippen molar-refractivity contribution in [3.8, 4) is 0 Å². The van der Waals surface area contributed by atoms with Gasteiger partial charge in [0.1, 0.15) is 11.6 Å². The molecule has 1 atom stereocenters. The maximum Gasteiger partial charge on any atom is 0.143 e. The van der Waals surface area contributed by atoms with E-state index in [1.165, 1.54) is 23.3 Å². The molecule has 0 amide bonds. The average Bonchev–Trinajstić information content (AvgIpc) is 2.47. The lowest BCUT2D eigenvalue weighted by Crippen LogP contribution is -2.25. The van der Waals surface area contributed by atoms with Crippen LogP contribution in [-0.2, 0) is 12.8 Å². The van der Waals surface area contributed by atoms with Crippen LogP contribution in [0.15, 0.2) is 40.9 Å². The third kappa shape index (κ3) is 4.11. The molecule has 0 heterocycles. The highest BCUT2D eigenvalue weighted by atomic mass is 79.9. The molecule has 2 N–H and O–H groups in total. The van der Waals surface area contributed by atoms with Crippen LogP contribution in [0.1, 0.15) is 23.1 Å². The number of benzene rings is 2. The summed E-state index contributed by atoms with van der Waals surface area (Å²) >= 11 is 3.07. The van der Waals surface area contributed by atoms with E-state index in [-0.39, 0.29) is 22.5 Å². The van der Waals surface area contributed by atoms with E-state index in [0.717, 1.165) is 6.42 Å². The second-order valence-electron chi connectivity index (χ2n) is 5.25. The average molecular weight is 354 g/mol. The fourth-order valence-electron chi connectivity index (χ4n) is 2.35. The van der Waals surface area contributed by atoms with Crippen LogP contribution in [0.3, 0.4) is 0 Å². The minimum absolute atomic E-state index is 0.0571. The molecule has 0 fully saturated rings. The first kappa shape index (κ1) is 16.1. The highest BCUT2D eigenvalue weighted by Gasteiger charge is 2.15. The van der Waals surface area contributed by atoms with Gasteiger partial charge in [-0.05, 0) is 65.4 Å². The van der Waals surface area contributed by atoms with Gasteiger partial charge in [0.15, 0.2) is 0 Å². The molecule has 0 spiro atoms. The van der Waals surface area contributed by atoms with Crippen molar-refractivity contribution in [2.45, 2.75) is 32.2 Å². The summed E-state index contributed by atoms with van der Waals surface area (Å²) in [4.78, 5) is 0. The highest BCUT2D eigenvalue weighted by Crippen LogP contribution is 2.23. The fourth-order valence-corrected chi connectivity index (χ4v) is 2.72. The molecule has 0 aliphatic carbocycles. The quantitative estimate of drug-likeness (QED) is 0.784. The van der Waals surface area contributed by atoms with Gasteiger partial charge in [-0.1, -0.05) is 24.3 Å². The molecule has 0 aromatic heterocycles. The molecule has 0 saturated carbocycles. The number of hydrogen-bond acceptors (Lipinski definition) is 1. The van der Waals surface area contributed by atoms with Gasteiger partial charge in [0.25, 0.3) is 0 Å². The normalized spacial score (nSPS) is 12.4. The van der Waals surface area contributed by atoms with E-state index in [9.17, 15) is 8.78 Å². The maximum absolute atomic E-state index is 13.9. The van der Waals surface area contributed by atoms with E-state index in [4.69, 9.17) is 5.73 Å². The lowest BCUT2D eigenvalue weighted by molar-refractivity contribution is 0.520. The van der Waals surface area contributed by atoms with Gasteiger partial charge in [0.2, 0.25) is 0 Å². The van der Waals surface area contributed by atoms with E-state index in [1.54, 1.807) is 0 Å². The Bertz CT molecular complexity index is 628. The fraction of sp³-hybridized carbons (Fsp3) is 0.294. The summed E-state index contributed by atoms with van der Waals surface area (Å²) in [6.45, 7) is 2.05. The Balaban J connectivity index is 2.01. The second kappa shape index (κ2) is 7.14. The number of nitrogens with two attached hydrogens (primary N) is 1. The summed E-state index contributed by atoms with van der Waals surface area (Å²) < 4.78 is 27.9. The molecule has 4 heteroatoms. The predicted octanol–water partition coefficient (Wildman–Crippen LogP) is 4.54. The summed E-state index contributed by atoms with van der Waals surface area (Å²) in [7, 11) is 0. The monoisotopic (exact) mass is 353 g/mol. The van der Waals surface area contributed by atoms with Crippen LogP contribution in [0, 0.1) is 18.6 Å². The Morgan fingerprint density at radius 3 is 2.57 bits per heavy atom. The SMILES string of the molecule is Cc1ccccc1CCC(N)Cc1c(F)ccc(Br)c1F. The van der Waals surface area contributed by atoms with Crippen LogP contribution in [0.5, 0.6) is 0 Å². The molecule has 2 aromatic rings. The number of halogens is 3. The summed E-state index contributed by atoms with van der Waals surface area (Å²) in [5, 5.41) is 0. The van der Waals surface area contributed by atoms with Crippen molar-refractivity contribution in [3.05, 3.63) is 69.2 Å². The van der Waals surface area contributed by atoms with Crippen molar-refractivity contribution >= 4 is 15.9 Å². The Labute approximate surface area is 132 Å². The minimum Gasteiger partial charge on any atom is -0.327 e. The molecule has 2 aromatic carbocycles. The van der Waals surface area contributed by atoms with Gasteiger partial charge in [-0.3, -0.25) is 0 Å². The molecule has 21 heavy (non-hydrogen) atoms. The number of rotatable bonds is 5. The molecular weight excluding hydrogens is 336 g/mol. The Kier molecular flexibility index (Phi) is 5.48. The number of hydrogen-bond donors (Lipinski definition) is 1. The van der Waals surface area contributed by atoms with E-state index in [2.05, 4.69) is 35.0 Å². The Morgan fingerprint density at radius 1 is 1.14 bits per heavy atom. The van der Waals surface area contributed by atoms with Gasteiger partial charge < -0.3 is 5.73 Å². The molecule has 0 saturated heterocycles. The van der Waals surface area contributed by atoms with E-state index >= 15 is 0 Å². The van der Waals surface area contributed by atoms with Gasteiger partial charge in [-0.15, -0.1) is 0 Å². The first-order chi connectivity index (χ1) is 9.99. The van der Waals surface area contributed by atoms with Crippen LogP contribution in [-0.4, -0.2) is 6.04 Å². The van der Waals surface area contributed by atoms with Crippen LogP contribution in [0.25, 0.3) is 0 Å². The van der Waals surface area contributed by atoms with Gasteiger partial charge >= 0.3 is 0 Å². The Hall–Kier alpha value is -1.26. The second-order valence-corrected chi connectivity index (χ2v) is 6.11. The van der Waals surface area contributed by atoms with E-state index in [1.807, 2.05) is 12.1 Å². The van der Waals surface area contributed by atoms with Crippen molar-refractivity contribution in [2.75, 3.05) is 0 Å². The molecule has 112 valence electrons. The van der Waals surface area contributed by atoms with Gasteiger partial charge in [0, 0.05) is 11.6 Å². The van der Waals surface area contributed by atoms with Crippen LogP contribution in [0.2, 0.25) is 0 Å². The zero-order chi connectivity index (χ0) is 15.4. The van der Waals surface area contributed by atoms with Gasteiger partial charge in [-0.2, -0.15) is 0 Å². The first-order valence-corrected chi connectivity index (χ1v) is 7.70. The van der Waals surface area contributed by atoms with E-state index in [0.29, 0.717) is 6.42 Å². The van der Waals surface area contributed by atoms with E-state index < -0.39 is 11.6 Å². The first-order valence-electron chi connectivity index (χ1n) is 6.91. The van der Waals surface area contributed by atoms with Crippen molar-refractivity contribution < 1.29 is 8.78 Å². The minimum atomic E-state index is -0.554. The zero-order valence-electron chi connectivity index (χ0n) is 11.9. The topological polar surface area (TPSA) is 26.0 Å². The number of aryl methyl sites for hydroxylation is 2. The maximum atomic E-state index is 13.9. The van der Waals surface area contributed by atoms with Crippen LogP contribution >= 0.6 is 15.9 Å². The predicted molar refractivity (Wildman–Crippen MR) is 85.2 cm³/mol. The van der Waals surface area contributed by atoms with Crippen LogP contribution in [0.4, 0.5) is 8.78 Å². The summed E-state index contributed by atoms with van der Waals surface area (Å²) in [5.74, 6) is -1.09. The lowest BCUT2D eigenvalue weighted by atomic mass is 9.97. The molecule has 0 aliphatic heterocycles. The summed E-state index contributed by atoms with van der Waals surface area (Å²) in [6.07, 6.45) is 1.70. The molecule has 0 bridgehead atoms. The third-order valence-corrected chi connectivity index (χ3v) is 4.26. The smallest absolute Gasteiger partial charge is 0.143 e. The summed E-state index contributed by atoms with van der Waals surface area (Å²) in [6, 6.07) is 10.4. The van der Waals surface area contributed by atoms with Crippen molar-refractivity contribution in [1.82, 2.24) is 0 Å². The molecule has 0 aliphatic rings. The lowest BCUT2D eigenvalue weighted by Gasteiger charge is -2.14. The molecule has 1 unspecified atom stereocenters. The molecule has 1 nitrogen and oxygen atoms in total. The zero-order valence-corrected chi connectivity index (χ0v) is 13.5. The van der Waals surface area contributed by atoms with Crippen LogP contribution < -0.4 is 5.73 Å². The van der Waals surface area contributed by atoms with Gasteiger partial charge in [0.05, 0.1) is 4.47 Å². The van der Waals surface area contributed by atoms with Crippen molar-refractivity contribution in [2.24, 2.45) is 5.73 Å². The Morgan fingerprint density at radius 2 is 1.86 bits per heavy atom. The summed E-state index contributed by atoms with van der Waals surface area (Å²) in [5.41, 5.74) is 8.54.